The molecule has 1 aliphatic heterocycles. The second-order valence-corrected chi connectivity index (χ2v) is 18.1. The lowest BCUT2D eigenvalue weighted by molar-refractivity contribution is 0.669. The summed E-state index contributed by atoms with van der Waals surface area (Å²) in [6, 6.07) is 77.6. The van der Waals surface area contributed by atoms with Gasteiger partial charge in [0, 0.05) is 45.0 Å². The van der Waals surface area contributed by atoms with E-state index in [4.69, 9.17) is 4.42 Å². The summed E-state index contributed by atoms with van der Waals surface area (Å²) in [6.07, 6.45) is 5.92. The fourth-order valence-electron chi connectivity index (χ4n) is 11.9. The third-order valence-corrected chi connectivity index (χ3v) is 14.5. The third-order valence-electron chi connectivity index (χ3n) is 14.5. The van der Waals surface area contributed by atoms with Crippen molar-refractivity contribution in [1.29, 1.82) is 0 Å². The van der Waals surface area contributed by atoms with E-state index in [9.17, 15) is 0 Å². The van der Waals surface area contributed by atoms with Crippen LogP contribution in [0.3, 0.4) is 0 Å². The van der Waals surface area contributed by atoms with Gasteiger partial charge in [-0.1, -0.05) is 159 Å². The Morgan fingerprint density at radius 2 is 1.14 bits per heavy atom. The van der Waals surface area contributed by atoms with E-state index in [0.29, 0.717) is 5.92 Å². The zero-order valence-electron chi connectivity index (χ0n) is 36.4. The molecule has 0 amide bonds. The molecule has 0 fully saturated rings. The molecular weight excluding hydrogens is 803 g/mol. The monoisotopic (exact) mass is 845 g/mol. The van der Waals surface area contributed by atoms with E-state index in [2.05, 4.69) is 246 Å². The number of benzene rings is 9. The standard InChI is InChI=1S/C62H43N3O/c1-40-32-34-52-50(36-40)46-24-11-14-28-51(46)62(52)53-35-33-44(37-56(53)65-55-30-15-12-25-47(55)48-27-17-29-54(62)61(48)65)63(41-18-5-2-6-19-41)45-38-57(60-49-26-13-16-31-58(49)66-59(60)39-45)64(42-20-7-3-8-21-42)43-22-9-4-10-23-43/h2-35,37-40H,36H2,1H3. The van der Waals surface area contributed by atoms with E-state index in [-0.39, 0.29) is 0 Å². The highest BCUT2D eigenvalue weighted by Gasteiger charge is 2.52. The number of hydrogen-bond acceptors (Lipinski definition) is 3. The molecular formula is C62H43N3O. The van der Waals surface area contributed by atoms with Gasteiger partial charge in [-0.15, -0.1) is 0 Å². The van der Waals surface area contributed by atoms with Crippen LogP contribution in [-0.2, 0) is 5.41 Å². The third kappa shape index (κ3) is 5.10. The van der Waals surface area contributed by atoms with Gasteiger partial charge in [0.05, 0.1) is 38.9 Å². The maximum atomic E-state index is 6.87. The quantitative estimate of drug-likeness (QED) is 0.167. The minimum absolute atomic E-state index is 0.466. The van der Waals surface area contributed by atoms with E-state index in [1.807, 2.05) is 0 Å². The molecule has 2 aromatic heterocycles. The Bertz CT molecular complexity index is 3780. The smallest absolute Gasteiger partial charge is 0.139 e. The molecule has 9 aromatic carbocycles. The molecule has 1 spiro atoms. The van der Waals surface area contributed by atoms with Crippen molar-refractivity contribution in [1.82, 2.24) is 4.57 Å². The van der Waals surface area contributed by atoms with Crippen molar-refractivity contribution >= 4 is 83.4 Å². The SMILES string of the molecule is CC1C=CC2=C(C1)c1ccccc1C21c2ccc(N(c3ccccc3)c3cc(N(c4ccccc4)c4ccccc4)c4c(c3)oc3ccccc34)cc2-n2c3ccccc3c3cccc1c32. The van der Waals surface area contributed by atoms with Crippen molar-refractivity contribution in [2.45, 2.75) is 18.8 Å². The molecule has 0 saturated heterocycles. The molecule has 2 atom stereocenters. The van der Waals surface area contributed by atoms with E-state index >= 15 is 0 Å². The second-order valence-electron chi connectivity index (χ2n) is 18.1. The fourth-order valence-corrected chi connectivity index (χ4v) is 11.9. The summed E-state index contributed by atoms with van der Waals surface area (Å²) >= 11 is 0. The molecule has 4 heteroatoms. The summed E-state index contributed by atoms with van der Waals surface area (Å²) < 4.78 is 9.43. The second kappa shape index (κ2) is 14.1. The Balaban J connectivity index is 1.08. The molecule has 312 valence electrons. The molecule has 0 saturated carbocycles. The number of para-hydroxylation sites is 6. The number of nitrogens with zero attached hydrogens (tertiary/aromatic N) is 3. The Labute approximate surface area is 383 Å². The number of hydrogen-bond donors (Lipinski definition) is 0. The van der Waals surface area contributed by atoms with Crippen LogP contribution in [0, 0.1) is 5.92 Å². The van der Waals surface area contributed by atoms with E-state index < -0.39 is 5.41 Å². The molecule has 2 unspecified atom stereocenters. The topological polar surface area (TPSA) is 24.6 Å². The normalized spacial score (nSPS) is 16.9. The van der Waals surface area contributed by atoms with Gasteiger partial charge in [0.2, 0.25) is 0 Å². The molecule has 3 aliphatic rings. The van der Waals surface area contributed by atoms with Crippen LogP contribution in [-0.4, -0.2) is 4.57 Å². The lowest BCUT2D eigenvalue weighted by atomic mass is 9.64. The highest BCUT2D eigenvalue weighted by molar-refractivity contribution is 6.16. The lowest BCUT2D eigenvalue weighted by Crippen LogP contribution is -2.34. The summed E-state index contributed by atoms with van der Waals surface area (Å²) in [5, 5.41) is 4.69. The predicted octanol–water partition coefficient (Wildman–Crippen LogP) is 16.6. The van der Waals surface area contributed by atoms with Crippen LogP contribution in [0.15, 0.2) is 234 Å². The summed E-state index contributed by atoms with van der Waals surface area (Å²) in [5.41, 5.74) is 19.4. The summed E-state index contributed by atoms with van der Waals surface area (Å²) in [4.78, 5) is 4.78. The van der Waals surface area contributed by atoms with Crippen molar-refractivity contribution in [3.05, 3.63) is 252 Å². The molecule has 0 N–H and O–H groups in total. The average molecular weight is 846 g/mol. The Morgan fingerprint density at radius 3 is 1.91 bits per heavy atom. The number of furan rings is 1. The molecule has 0 bridgehead atoms. The molecule has 66 heavy (non-hydrogen) atoms. The Hall–Kier alpha value is -8.34. The first-order valence-corrected chi connectivity index (χ1v) is 23.1. The number of anilines is 6. The minimum Gasteiger partial charge on any atom is -0.456 e. The van der Waals surface area contributed by atoms with Gasteiger partial charge in [0.25, 0.3) is 0 Å². The molecule has 0 radical (unpaired) electrons. The lowest BCUT2D eigenvalue weighted by Gasteiger charge is -2.41. The molecule has 3 heterocycles. The van der Waals surface area contributed by atoms with Crippen molar-refractivity contribution in [3.63, 3.8) is 0 Å². The van der Waals surface area contributed by atoms with Crippen LogP contribution in [0.2, 0.25) is 0 Å². The number of allylic oxidation sites excluding steroid dienone is 4. The van der Waals surface area contributed by atoms with Crippen molar-refractivity contribution in [3.8, 4) is 5.69 Å². The molecule has 4 nitrogen and oxygen atoms in total. The first kappa shape index (κ1) is 37.1. The van der Waals surface area contributed by atoms with E-state index in [1.54, 1.807) is 0 Å². The van der Waals surface area contributed by atoms with Gasteiger partial charge in [-0.2, -0.15) is 0 Å². The summed E-state index contributed by atoms with van der Waals surface area (Å²) in [5.74, 6) is 0.466. The Morgan fingerprint density at radius 1 is 0.500 bits per heavy atom. The van der Waals surface area contributed by atoms with Gasteiger partial charge in [-0.3, -0.25) is 0 Å². The van der Waals surface area contributed by atoms with Crippen LogP contribution in [0.1, 0.15) is 35.6 Å². The van der Waals surface area contributed by atoms with Crippen LogP contribution >= 0.6 is 0 Å². The minimum atomic E-state index is -0.496. The highest BCUT2D eigenvalue weighted by atomic mass is 16.3. The highest BCUT2D eigenvalue weighted by Crippen LogP contribution is 2.62. The van der Waals surface area contributed by atoms with E-state index in [0.717, 1.165) is 62.5 Å². The van der Waals surface area contributed by atoms with Gasteiger partial charge < -0.3 is 18.8 Å². The summed E-state index contributed by atoms with van der Waals surface area (Å²) in [7, 11) is 0. The van der Waals surface area contributed by atoms with Crippen LogP contribution in [0.4, 0.5) is 34.1 Å². The van der Waals surface area contributed by atoms with Gasteiger partial charge in [-0.05, 0) is 112 Å². The largest absolute Gasteiger partial charge is 0.456 e. The van der Waals surface area contributed by atoms with Gasteiger partial charge in [0.15, 0.2) is 0 Å². The zero-order valence-corrected chi connectivity index (χ0v) is 36.4. The number of aromatic nitrogens is 1. The molecule has 11 aromatic rings. The first-order valence-electron chi connectivity index (χ1n) is 23.1. The zero-order chi connectivity index (χ0) is 43.5. The molecule has 2 aliphatic carbocycles. The van der Waals surface area contributed by atoms with Crippen LogP contribution in [0.5, 0.6) is 0 Å². The van der Waals surface area contributed by atoms with Crippen LogP contribution < -0.4 is 9.80 Å². The van der Waals surface area contributed by atoms with Crippen molar-refractivity contribution < 1.29 is 4.42 Å². The van der Waals surface area contributed by atoms with Crippen molar-refractivity contribution in [2.75, 3.05) is 9.80 Å². The average Bonchev–Trinajstić information content (AvgIpc) is 4.01. The maximum Gasteiger partial charge on any atom is 0.139 e. The van der Waals surface area contributed by atoms with Crippen LogP contribution in [0.25, 0.3) is 55.0 Å². The molecule has 14 rings (SSSR count). The van der Waals surface area contributed by atoms with Crippen molar-refractivity contribution in [2.24, 2.45) is 5.92 Å². The summed E-state index contributed by atoms with van der Waals surface area (Å²) in [6.45, 7) is 2.35. The number of fused-ring (bicyclic) bond motifs is 14. The fraction of sp³-hybridized carbons (Fsp3) is 0.0645. The Kier molecular flexibility index (Phi) is 7.91. The maximum absolute atomic E-state index is 6.87. The number of rotatable bonds is 6. The predicted molar refractivity (Wildman–Crippen MR) is 274 cm³/mol. The first-order chi connectivity index (χ1) is 32.7. The van der Waals surface area contributed by atoms with Gasteiger partial charge in [-0.25, -0.2) is 0 Å². The van der Waals surface area contributed by atoms with E-state index in [1.165, 1.54) is 60.9 Å². The van der Waals surface area contributed by atoms with Gasteiger partial charge in [0.1, 0.15) is 11.2 Å². The van der Waals surface area contributed by atoms with Gasteiger partial charge >= 0.3 is 0 Å².